The minimum Gasteiger partial charge on any atom is -0.457 e. The van der Waals surface area contributed by atoms with Crippen molar-refractivity contribution in [2.75, 3.05) is 0 Å². The van der Waals surface area contributed by atoms with Gasteiger partial charge in [0.25, 0.3) is 5.69 Å². The van der Waals surface area contributed by atoms with E-state index in [1.54, 1.807) is 30.5 Å². The third-order valence-corrected chi connectivity index (χ3v) is 1.88. The predicted molar refractivity (Wildman–Crippen MR) is 56.2 cm³/mol. The fourth-order valence-electron chi connectivity index (χ4n) is 1.14. The first-order valence-corrected chi connectivity index (χ1v) is 4.50. The van der Waals surface area contributed by atoms with Gasteiger partial charge in [-0.1, -0.05) is 0 Å². The fourth-order valence-corrected chi connectivity index (χ4v) is 1.14. The minimum absolute atomic E-state index is 0.0358. The lowest BCUT2D eigenvalue weighted by molar-refractivity contribution is -0.384. The fraction of sp³-hybridized carbons (Fsp3) is 0. The second-order valence-electron chi connectivity index (χ2n) is 2.97. The first-order valence-electron chi connectivity index (χ1n) is 4.50. The number of non-ortho nitro benzene ring substituents is 1. The van der Waals surface area contributed by atoms with Crippen LogP contribution < -0.4 is 4.74 Å². The Bertz CT molecular complexity index is 482. The number of nitro groups is 1. The lowest BCUT2D eigenvalue weighted by Crippen LogP contribution is -1.88. The number of nitrogens with zero attached hydrogens (tertiary/aromatic N) is 2. The van der Waals surface area contributed by atoms with Crippen molar-refractivity contribution >= 4 is 5.69 Å². The zero-order valence-electron chi connectivity index (χ0n) is 8.16. The van der Waals surface area contributed by atoms with Crippen LogP contribution in [0.1, 0.15) is 0 Å². The third-order valence-electron chi connectivity index (χ3n) is 1.88. The molecule has 0 aliphatic heterocycles. The maximum Gasteiger partial charge on any atom is 0.269 e. The molecule has 0 fully saturated rings. The van der Waals surface area contributed by atoms with E-state index in [0.29, 0.717) is 11.5 Å². The highest BCUT2D eigenvalue weighted by molar-refractivity contribution is 5.38. The van der Waals surface area contributed by atoms with Gasteiger partial charge in [0.1, 0.15) is 11.5 Å². The van der Waals surface area contributed by atoms with Gasteiger partial charge in [-0.05, 0) is 18.2 Å². The van der Waals surface area contributed by atoms with Crippen LogP contribution in [0.25, 0.3) is 0 Å². The Labute approximate surface area is 91.5 Å². The van der Waals surface area contributed by atoms with Crippen molar-refractivity contribution in [3.8, 4) is 11.5 Å². The summed E-state index contributed by atoms with van der Waals surface area (Å²) in [5, 5.41) is 10.4. The van der Waals surface area contributed by atoms with E-state index in [0.717, 1.165) is 0 Å². The first kappa shape index (κ1) is 10.1. The molecular weight excluding hydrogens is 208 g/mol. The highest BCUT2D eigenvalue weighted by Crippen LogP contribution is 2.22. The topological polar surface area (TPSA) is 65.3 Å². The highest BCUT2D eigenvalue weighted by Gasteiger charge is 2.04. The molecule has 5 nitrogen and oxygen atoms in total. The Hall–Kier alpha value is -2.43. The van der Waals surface area contributed by atoms with Crippen LogP contribution in [0.15, 0.2) is 42.6 Å². The Balaban J connectivity index is 2.14. The summed E-state index contributed by atoms with van der Waals surface area (Å²) in [4.78, 5) is 13.7. The van der Waals surface area contributed by atoms with E-state index in [4.69, 9.17) is 4.74 Å². The summed E-state index contributed by atoms with van der Waals surface area (Å²) in [5.74, 6) is 1.12. The van der Waals surface area contributed by atoms with E-state index in [-0.39, 0.29) is 5.69 Å². The number of hydrogen-bond donors (Lipinski definition) is 0. The third kappa shape index (κ3) is 2.33. The molecule has 5 heteroatoms. The van der Waals surface area contributed by atoms with Crippen molar-refractivity contribution in [1.82, 2.24) is 4.98 Å². The SMILES string of the molecule is O=[N+]([O-])c1ccc(Oc2c[c]ncc2)cc1. The van der Waals surface area contributed by atoms with Crippen LogP contribution in [0.2, 0.25) is 0 Å². The van der Waals surface area contributed by atoms with Crippen LogP contribution >= 0.6 is 0 Å². The van der Waals surface area contributed by atoms with Gasteiger partial charge < -0.3 is 4.74 Å². The minimum atomic E-state index is -0.454. The van der Waals surface area contributed by atoms with Crippen molar-refractivity contribution in [3.63, 3.8) is 0 Å². The Morgan fingerprint density at radius 1 is 1.19 bits per heavy atom. The first-order chi connectivity index (χ1) is 7.75. The highest BCUT2D eigenvalue weighted by atomic mass is 16.6. The predicted octanol–water partition coefficient (Wildman–Crippen LogP) is 2.58. The maximum absolute atomic E-state index is 10.4. The molecule has 0 spiro atoms. The van der Waals surface area contributed by atoms with Gasteiger partial charge >= 0.3 is 0 Å². The van der Waals surface area contributed by atoms with Crippen LogP contribution in [-0.2, 0) is 0 Å². The number of nitro benzene ring substituents is 1. The van der Waals surface area contributed by atoms with Gasteiger partial charge in [0.2, 0.25) is 0 Å². The standard InChI is InChI=1S/C11H7N2O3/c14-13(15)9-1-3-10(4-2-9)16-11-5-7-12-8-6-11/h1-7H. The summed E-state index contributed by atoms with van der Waals surface area (Å²) < 4.78 is 5.42. The molecule has 0 N–H and O–H groups in total. The summed E-state index contributed by atoms with van der Waals surface area (Å²) >= 11 is 0. The zero-order chi connectivity index (χ0) is 11.4. The number of pyridine rings is 1. The van der Waals surface area contributed by atoms with E-state index >= 15 is 0 Å². The summed E-state index contributed by atoms with van der Waals surface area (Å²) in [6.45, 7) is 0. The lowest BCUT2D eigenvalue weighted by Gasteiger charge is -2.03. The molecule has 1 aromatic heterocycles. The molecule has 2 rings (SSSR count). The maximum atomic E-state index is 10.4. The number of benzene rings is 1. The molecule has 2 aromatic rings. The summed E-state index contributed by atoms with van der Waals surface area (Å²) in [7, 11) is 0. The number of aromatic nitrogens is 1. The average Bonchev–Trinajstić information content (AvgIpc) is 2.31. The Kier molecular flexibility index (Phi) is 2.77. The monoisotopic (exact) mass is 215 g/mol. The molecule has 1 heterocycles. The summed E-state index contributed by atoms with van der Waals surface area (Å²) in [6.07, 6.45) is 4.18. The molecule has 0 aliphatic rings. The van der Waals surface area contributed by atoms with Crippen LogP contribution in [0.5, 0.6) is 11.5 Å². The van der Waals surface area contributed by atoms with Crippen molar-refractivity contribution in [2.24, 2.45) is 0 Å². The van der Waals surface area contributed by atoms with E-state index in [1.807, 2.05) is 0 Å². The van der Waals surface area contributed by atoms with Gasteiger partial charge in [-0.3, -0.25) is 15.1 Å². The van der Waals surface area contributed by atoms with Gasteiger partial charge in [-0.25, -0.2) is 0 Å². The summed E-state index contributed by atoms with van der Waals surface area (Å²) in [5.41, 5.74) is 0.0358. The van der Waals surface area contributed by atoms with E-state index in [9.17, 15) is 10.1 Å². The largest absolute Gasteiger partial charge is 0.457 e. The van der Waals surface area contributed by atoms with Crippen molar-refractivity contribution < 1.29 is 9.66 Å². The van der Waals surface area contributed by atoms with Crippen molar-refractivity contribution in [1.29, 1.82) is 0 Å². The molecule has 16 heavy (non-hydrogen) atoms. The molecular formula is C11H7N2O3. The molecule has 1 aromatic carbocycles. The molecule has 0 aliphatic carbocycles. The van der Waals surface area contributed by atoms with Gasteiger partial charge in [-0.2, -0.15) is 0 Å². The Morgan fingerprint density at radius 3 is 2.50 bits per heavy atom. The normalized spacial score (nSPS) is 9.75. The van der Waals surface area contributed by atoms with Crippen LogP contribution in [0.4, 0.5) is 5.69 Å². The number of rotatable bonds is 3. The second-order valence-corrected chi connectivity index (χ2v) is 2.97. The molecule has 79 valence electrons. The van der Waals surface area contributed by atoms with Gasteiger partial charge in [0.15, 0.2) is 0 Å². The Morgan fingerprint density at radius 2 is 1.94 bits per heavy atom. The molecule has 1 radical (unpaired) electrons. The van der Waals surface area contributed by atoms with Crippen molar-refractivity contribution in [2.45, 2.75) is 0 Å². The molecule has 0 atom stereocenters. The molecule has 0 unspecified atom stereocenters. The number of ether oxygens (including phenoxy) is 1. The average molecular weight is 215 g/mol. The second kappa shape index (κ2) is 4.39. The van der Waals surface area contributed by atoms with Crippen LogP contribution in [0.3, 0.4) is 0 Å². The zero-order valence-corrected chi connectivity index (χ0v) is 8.16. The smallest absolute Gasteiger partial charge is 0.269 e. The molecule has 0 saturated heterocycles. The van der Waals surface area contributed by atoms with Crippen molar-refractivity contribution in [3.05, 3.63) is 58.9 Å². The van der Waals surface area contributed by atoms with Crippen LogP contribution in [0, 0.1) is 16.3 Å². The quantitative estimate of drug-likeness (QED) is 0.583. The molecule has 0 amide bonds. The number of hydrogen-bond acceptors (Lipinski definition) is 4. The lowest BCUT2D eigenvalue weighted by atomic mass is 10.3. The van der Waals surface area contributed by atoms with Gasteiger partial charge in [0, 0.05) is 24.4 Å². The van der Waals surface area contributed by atoms with Gasteiger partial charge in [0.05, 0.1) is 11.1 Å². The summed E-state index contributed by atoms with van der Waals surface area (Å²) in [6, 6.07) is 9.12. The van der Waals surface area contributed by atoms with Gasteiger partial charge in [-0.15, -0.1) is 0 Å². The van der Waals surface area contributed by atoms with E-state index < -0.39 is 4.92 Å². The van der Waals surface area contributed by atoms with Crippen LogP contribution in [-0.4, -0.2) is 9.91 Å². The van der Waals surface area contributed by atoms with E-state index in [2.05, 4.69) is 11.2 Å². The molecule has 0 saturated carbocycles. The molecule has 0 bridgehead atoms. The van der Waals surface area contributed by atoms with E-state index in [1.165, 1.54) is 12.1 Å².